The molecule has 1 heterocycles. The van der Waals surface area contributed by atoms with Gasteiger partial charge in [-0.15, -0.1) is 0 Å². The second-order valence-electron chi connectivity index (χ2n) is 7.04. The normalized spacial score (nSPS) is 21.2. The molecule has 2 unspecified atom stereocenters. The van der Waals surface area contributed by atoms with Gasteiger partial charge in [-0.25, -0.2) is 0 Å². The van der Waals surface area contributed by atoms with Gasteiger partial charge in [0.25, 0.3) is 0 Å². The minimum absolute atomic E-state index is 0.241. The van der Waals surface area contributed by atoms with Crippen LogP contribution in [0.5, 0.6) is 5.75 Å². The average Bonchev–Trinajstić information content (AvgIpc) is 2.93. The number of fused-ring (bicyclic) bond motifs is 1. The van der Waals surface area contributed by atoms with Crippen molar-refractivity contribution in [1.82, 2.24) is 10.2 Å². The number of hydrogen-bond donors (Lipinski definition) is 2. The van der Waals surface area contributed by atoms with E-state index in [1.54, 1.807) is 24.3 Å². The number of carbonyl (C=O) groups is 4. The van der Waals surface area contributed by atoms with Gasteiger partial charge in [0.1, 0.15) is 12.3 Å². The maximum atomic E-state index is 12.4. The molecule has 0 spiro atoms. The lowest BCUT2D eigenvalue weighted by atomic mass is 9.81. The first kappa shape index (κ1) is 19.9. The van der Waals surface area contributed by atoms with E-state index in [4.69, 9.17) is 4.74 Å². The highest BCUT2D eigenvalue weighted by atomic mass is 16.5. The molecule has 28 heavy (non-hydrogen) atoms. The Morgan fingerprint density at radius 3 is 2.21 bits per heavy atom. The zero-order valence-corrected chi connectivity index (χ0v) is 15.9. The van der Waals surface area contributed by atoms with Crippen molar-refractivity contribution in [2.75, 3.05) is 25.0 Å². The number of nitrogens with zero attached hydrogens (tertiary/aromatic N) is 1. The predicted molar refractivity (Wildman–Crippen MR) is 101 cm³/mol. The van der Waals surface area contributed by atoms with Crippen molar-refractivity contribution in [3.05, 3.63) is 24.3 Å². The van der Waals surface area contributed by atoms with Crippen LogP contribution in [0.25, 0.3) is 0 Å². The van der Waals surface area contributed by atoms with Crippen LogP contribution in [0.4, 0.5) is 5.69 Å². The van der Waals surface area contributed by atoms with Crippen molar-refractivity contribution < 1.29 is 23.9 Å². The van der Waals surface area contributed by atoms with Gasteiger partial charge in [0.2, 0.25) is 23.6 Å². The van der Waals surface area contributed by atoms with E-state index in [9.17, 15) is 19.2 Å². The minimum Gasteiger partial charge on any atom is -0.494 e. The quantitative estimate of drug-likeness (QED) is 0.687. The minimum atomic E-state index is -0.526. The summed E-state index contributed by atoms with van der Waals surface area (Å²) in [7, 11) is 0. The summed E-state index contributed by atoms with van der Waals surface area (Å²) >= 11 is 0. The van der Waals surface area contributed by atoms with Crippen molar-refractivity contribution >= 4 is 29.3 Å². The number of rotatable bonds is 7. The maximum Gasteiger partial charge on any atom is 0.243 e. The summed E-state index contributed by atoms with van der Waals surface area (Å²) in [6.07, 6.45) is 3.29. The van der Waals surface area contributed by atoms with E-state index >= 15 is 0 Å². The number of likely N-dealkylation sites (tertiary alicyclic amines) is 1. The van der Waals surface area contributed by atoms with Gasteiger partial charge in [0, 0.05) is 5.69 Å². The second kappa shape index (κ2) is 8.86. The van der Waals surface area contributed by atoms with E-state index in [0.29, 0.717) is 30.9 Å². The molecule has 2 aliphatic rings. The van der Waals surface area contributed by atoms with Crippen molar-refractivity contribution in [1.29, 1.82) is 0 Å². The maximum absolute atomic E-state index is 12.4. The molecular weight excluding hydrogens is 362 g/mol. The Morgan fingerprint density at radius 1 is 1.04 bits per heavy atom. The molecule has 3 rings (SSSR count). The number of anilines is 1. The van der Waals surface area contributed by atoms with Crippen LogP contribution >= 0.6 is 0 Å². The van der Waals surface area contributed by atoms with E-state index in [1.165, 1.54) is 0 Å². The van der Waals surface area contributed by atoms with Crippen LogP contribution in [0.2, 0.25) is 0 Å². The first-order valence-electron chi connectivity index (χ1n) is 9.64. The molecule has 8 heteroatoms. The summed E-state index contributed by atoms with van der Waals surface area (Å²) in [5.41, 5.74) is 0.580. The first-order chi connectivity index (χ1) is 13.5. The average molecular weight is 387 g/mol. The van der Waals surface area contributed by atoms with E-state index in [1.807, 2.05) is 6.92 Å². The molecule has 8 nitrogen and oxygen atoms in total. The fourth-order valence-corrected chi connectivity index (χ4v) is 3.77. The summed E-state index contributed by atoms with van der Waals surface area (Å²) in [4.78, 5) is 49.9. The molecule has 1 aromatic rings. The van der Waals surface area contributed by atoms with Gasteiger partial charge in [0.15, 0.2) is 0 Å². The smallest absolute Gasteiger partial charge is 0.243 e. The molecule has 0 radical (unpaired) electrons. The summed E-state index contributed by atoms with van der Waals surface area (Å²) in [6, 6.07) is 6.88. The third kappa shape index (κ3) is 4.49. The van der Waals surface area contributed by atoms with Crippen LogP contribution in [-0.4, -0.2) is 48.2 Å². The molecule has 1 aliphatic heterocycles. The van der Waals surface area contributed by atoms with Gasteiger partial charge in [-0.05, 0) is 44.0 Å². The Labute approximate surface area is 163 Å². The van der Waals surface area contributed by atoms with Gasteiger partial charge in [-0.1, -0.05) is 12.8 Å². The lowest BCUT2D eigenvalue weighted by molar-refractivity contribution is -0.143. The Hall–Kier alpha value is -2.90. The lowest BCUT2D eigenvalue weighted by Crippen LogP contribution is -2.43. The van der Waals surface area contributed by atoms with Crippen LogP contribution in [-0.2, 0) is 19.2 Å². The van der Waals surface area contributed by atoms with Crippen LogP contribution < -0.4 is 15.4 Å². The predicted octanol–water partition coefficient (Wildman–Crippen LogP) is 1.32. The van der Waals surface area contributed by atoms with Gasteiger partial charge < -0.3 is 15.4 Å². The number of ether oxygens (including phenoxy) is 1. The van der Waals surface area contributed by atoms with Crippen LogP contribution in [0, 0.1) is 11.8 Å². The Bertz CT molecular complexity index is 738. The van der Waals surface area contributed by atoms with Gasteiger partial charge >= 0.3 is 0 Å². The molecular formula is C20H25N3O5. The van der Waals surface area contributed by atoms with Crippen LogP contribution in [0.15, 0.2) is 24.3 Å². The molecule has 1 saturated heterocycles. The van der Waals surface area contributed by atoms with E-state index in [0.717, 1.165) is 17.7 Å². The summed E-state index contributed by atoms with van der Waals surface area (Å²) in [5, 5.41) is 5.12. The lowest BCUT2D eigenvalue weighted by Gasteiger charge is -2.19. The number of benzene rings is 1. The Morgan fingerprint density at radius 2 is 1.64 bits per heavy atom. The van der Waals surface area contributed by atoms with Gasteiger partial charge in [-0.3, -0.25) is 24.1 Å². The van der Waals surface area contributed by atoms with E-state index in [2.05, 4.69) is 10.6 Å². The van der Waals surface area contributed by atoms with Gasteiger partial charge in [0.05, 0.1) is 25.0 Å². The highest BCUT2D eigenvalue weighted by Crippen LogP contribution is 2.37. The molecule has 2 N–H and O–H groups in total. The topological polar surface area (TPSA) is 105 Å². The Kier molecular flexibility index (Phi) is 6.28. The zero-order chi connectivity index (χ0) is 20.1. The molecule has 150 valence electrons. The fourth-order valence-electron chi connectivity index (χ4n) is 3.77. The van der Waals surface area contributed by atoms with E-state index < -0.39 is 11.8 Å². The molecule has 2 atom stereocenters. The second-order valence-corrected chi connectivity index (χ2v) is 7.04. The number of nitrogens with one attached hydrogen (secondary N) is 2. The number of hydrogen-bond acceptors (Lipinski definition) is 5. The molecule has 1 saturated carbocycles. The summed E-state index contributed by atoms with van der Waals surface area (Å²) in [5.74, 6) is -1.30. The standard InChI is InChI=1S/C20H25N3O5/c1-2-28-14-9-7-13(8-10-14)22-17(24)11-21-18(25)12-23-19(26)15-5-3-4-6-16(15)20(23)27/h7-10,15-16H,2-6,11-12H2,1H3,(H,21,25)(H,22,24). The first-order valence-corrected chi connectivity index (χ1v) is 9.64. The number of imide groups is 1. The third-order valence-corrected chi connectivity index (χ3v) is 5.13. The highest BCUT2D eigenvalue weighted by molar-refractivity contribution is 6.07. The molecule has 0 aromatic heterocycles. The highest BCUT2D eigenvalue weighted by Gasteiger charge is 2.48. The number of carbonyl (C=O) groups excluding carboxylic acids is 4. The molecule has 4 amide bonds. The SMILES string of the molecule is CCOc1ccc(NC(=O)CNC(=O)CN2C(=O)C3CCCCC3C2=O)cc1. The van der Waals surface area contributed by atoms with Crippen molar-refractivity contribution in [3.8, 4) is 5.75 Å². The molecule has 2 fully saturated rings. The molecule has 1 aromatic carbocycles. The molecule has 0 bridgehead atoms. The summed E-state index contributed by atoms with van der Waals surface area (Å²) < 4.78 is 5.33. The van der Waals surface area contributed by atoms with Gasteiger partial charge in [-0.2, -0.15) is 0 Å². The van der Waals surface area contributed by atoms with Crippen LogP contribution in [0.1, 0.15) is 32.6 Å². The number of amides is 4. The third-order valence-electron chi connectivity index (χ3n) is 5.13. The van der Waals surface area contributed by atoms with Crippen molar-refractivity contribution in [3.63, 3.8) is 0 Å². The molecule has 1 aliphatic carbocycles. The van der Waals surface area contributed by atoms with Crippen molar-refractivity contribution in [2.45, 2.75) is 32.6 Å². The summed E-state index contributed by atoms with van der Waals surface area (Å²) in [6.45, 7) is 1.87. The van der Waals surface area contributed by atoms with Crippen LogP contribution in [0.3, 0.4) is 0 Å². The zero-order valence-electron chi connectivity index (χ0n) is 15.9. The monoisotopic (exact) mass is 387 g/mol. The fraction of sp³-hybridized carbons (Fsp3) is 0.500. The Balaban J connectivity index is 1.45. The van der Waals surface area contributed by atoms with E-state index in [-0.39, 0.29) is 36.7 Å². The van der Waals surface area contributed by atoms with Crippen molar-refractivity contribution in [2.24, 2.45) is 11.8 Å². The largest absolute Gasteiger partial charge is 0.494 e.